The van der Waals surface area contributed by atoms with Gasteiger partial charge >= 0.3 is 0 Å². The van der Waals surface area contributed by atoms with E-state index in [1.54, 1.807) is 18.2 Å². The average molecular weight is 370 g/mol. The molecule has 2 rings (SSSR count). The molecule has 0 radical (unpaired) electrons. The summed E-state index contributed by atoms with van der Waals surface area (Å²) in [5.41, 5.74) is 0.648. The van der Waals surface area contributed by atoms with Gasteiger partial charge in [0.15, 0.2) is 5.78 Å². The molecule has 2 aromatic rings. The Kier molecular flexibility index (Phi) is 4.19. The van der Waals surface area contributed by atoms with Crippen molar-refractivity contribution in [3.63, 3.8) is 0 Å². The second-order valence-electron chi connectivity index (χ2n) is 3.73. The van der Waals surface area contributed by atoms with E-state index in [1.807, 2.05) is 24.3 Å². The summed E-state index contributed by atoms with van der Waals surface area (Å²) in [5.74, 6) is 1.44. The predicted octanol–water partition coefficient (Wildman–Crippen LogP) is 5.21. The zero-order valence-corrected chi connectivity index (χ0v) is 12.8. The molecular weight excluding hydrogens is 360 g/mol. The van der Waals surface area contributed by atoms with E-state index >= 15 is 0 Å². The molecule has 0 unspecified atom stereocenters. The fourth-order valence-electron chi connectivity index (χ4n) is 1.50. The van der Waals surface area contributed by atoms with E-state index in [9.17, 15) is 4.79 Å². The molecule has 0 fully saturated rings. The summed E-state index contributed by atoms with van der Waals surface area (Å²) >= 11 is 6.79. The Hall–Kier alpha value is -1.13. The molecule has 0 aliphatic carbocycles. The number of halogens is 2. The zero-order valence-electron chi connectivity index (χ0n) is 9.61. The first-order valence-electron chi connectivity index (χ1n) is 5.31. The van der Waals surface area contributed by atoms with Gasteiger partial charge in [-0.15, -0.1) is 0 Å². The monoisotopic (exact) mass is 368 g/mol. The van der Waals surface area contributed by atoms with E-state index in [2.05, 4.69) is 31.9 Å². The predicted molar refractivity (Wildman–Crippen MR) is 78.4 cm³/mol. The maximum absolute atomic E-state index is 11.3. The van der Waals surface area contributed by atoms with Gasteiger partial charge in [0.1, 0.15) is 11.5 Å². The first-order chi connectivity index (χ1) is 8.58. The molecular formula is C14H10Br2O2. The first kappa shape index (κ1) is 13.3. The molecule has 0 saturated heterocycles. The van der Waals surface area contributed by atoms with Crippen LogP contribution in [0.4, 0.5) is 0 Å². The van der Waals surface area contributed by atoms with Gasteiger partial charge in [-0.3, -0.25) is 4.79 Å². The Morgan fingerprint density at radius 3 is 2.39 bits per heavy atom. The number of ketones is 1. The lowest BCUT2D eigenvalue weighted by Crippen LogP contribution is -1.94. The van der Waals surface area contributed by atoms with E-state index in [1.165, 1.54) is 6.92 Å². The molecule has 2 nitrogen and oxygen atoms in total. The van der Waals surface area contributed by atoms with Crippen molar-refractivity contribution in [2.75, 3.05) is 0 Å². The molecule has 0 saturated carbocycles. The van der Waals surface area contributed by atoms with Gasteiger partial charge in [-0.2, -0.15) is 0 Å². The van der Waals surface area contributed by atoms with Gasteiger partial charge in [-0.05, 0) is 69.1 Å². The molecule has 0 aromatic heterocycles. The van der Waals surface area contributed by atoms with Gasteiger partial charge in [-0.1, -0.05) is 12.1 Å². The highest BCUT2D eigenvalue weighted by molar-refractivity contribution is 9.10. The van der Waals surface area contributed by atoms with Crippen LogP contribution in [0.3, 0.4) is 0 Å². The number of benzene rings is 2. The van der Waals surface area contributed by atoms with E-state index in [0.717, 1.165) is 14.7 Å². The van der Waals surface area contributed by atoms with E-state index in [4.69, 9.17) is 4.74 Å². The second-order valence-corrected chi connectivity index (χ2v) is 5.44. The SMILES string of the molecule is CC(=O)c1ccc(Oc2ccccc2Br)cc1Br. The highest BCUT2D eigenvalue weighted by atomic mass is 79.9. The number of hydrogen-bond donors (Lipinski definition) is 0. The molecule has 0 heterocycles. The highest BCUT2D eigenvalue weighted by Gasteiger charge is 2.07. The van der Waals surface area contributed by atoms with Crippen LogP contribution in [-0.2, 0) is 0 Å². The zero-order chi connectivity index (χ0) is 13.1. The molecule has 0 amide bonds. The van der Waals surface area contributed by atoms with Crippen molar-refractivity contribution in [1.29, 1.82) is 0 Å². The largest absolute Gasteiger partial charge is 0.456 e. The maximum Gasteiger partial charge on any atom is 0.160 e. The number of ether oxygens (including phenoxy) is 1. The smallest absolute Gasteiger partial charge is 0.160 e. The van der Waals surface area contributed by atoms with Crippen molar-refractivity contribution in [2.24, 2.45) is 0 Å². The average Bonchev–Trinajstić information content (AvgIpc) is 2.32. The number of Topliss-reactive ketones (excluding diaryl/α,β-unsaturated/α-hetero) is 1. The van der Waals surface area contributed by atoms with Crippen molar-refractivity contribution in [1.82, 2.24) is 0 Å². The van der Waals surface area contributed by atoms with E-state index in [0.29, 0.717) is 11.3 Å². The summed E-state index contributed by atoms with van der Waals surface area (Å²) in [7, 11) is 0. The quantitative estimate of drug-likeness (QED) is 0.694. The Balaban J connectivity index is 2.29. The van der Waals surface area contributed by atoms with Crippen LogP contribution in [0.15, 0.2) is 51.4 Å². The van der Waals surface area contributed by atoms with Crippen molar-refractivity contribution in [3.05, 3.63) is 57.0 Å². The maximum atomic E-state index is 11.3. The summed E-state index contributed by atoms with van der Waals surface area (Å²) in [6.45, 7) is 1.54. The van der Waals surface area contributed by atoms with Crippen molar-refractivity contribution >= 4 is 37.6 Å². The number of para-hydroxylation sites is 1. The molecule has 0 N–H and O–H groups in total. The lowest BCUT2D eigenvalue weighted by atomic mass is 10.1. The van der Waals surface area contributed by atoms with Crippen molar-refractivity contribution in [2.45, 2.75) is 6.92 Å². The molecule has 0 aliphatic rings. The van der Waals surface area contributed by atoms with E-state index < -0.39 is 0 Å². The van der Waals surface area contributed by atoms with Crippen LogP contribution in [0.1, 0.15) is 17.3 Å². The number of hydrogen-bond acceptors (Lipinski definition) is 2. The van der Waals surface area contributed by atoms with Crippen molar-refractivity contribution in [3.8, 4) is 11.5 Å². The topological polar surface area (TPSA) is 26.3 Å². The minimum Gasteiger partial charge on any atom is -0.456 e. The third kappa shape index (κ3) is 3.00. The summed E-state index contributed by atoms with van der Waals surface area (Å²) < 4.78 is 7.36. The van der Waals surface area contributed by atoms with Crippen LogP contribution >= 0.6 is 31.9 Å². The van der Waals surface area contributed by atoms with Crippen LogP contribution < -0.4 is 4.74 Å². The van der Waals surface area contributed by atoms with Gasteiger partial charge in [0.2, 0.25) is 0 Å². The minimum absolute atomic E-state index is 0.0225. The molecule has 0 spiro atoms. The Morgan fingerprint density at radius 2 is 1.78 bits per heavy atom. The fraction of sp³-hybridized carbons (Fsp3) is 0.0714. The number of rotatable bonds is 3. The van der Waals surface area contributed by atoms with Crippen LogP contribution in [0.5, 0.6) is 11.5 Å². The van der Waals surface area contributed by atoms with Crippen LogP contribution in [-0.4, -0.2) is 5.78 Å². The summed E-state index contributed by atoms with van der Waals surface area (Å²) in [4.78, 5) is 11.3. The standard InChI is InChI=1S/C14H10Br2O2/c1-9(17)11-7-6-10(8-13(11)16)18-14-5-3-2-4-12(14)15/h2-8H,1H3. The lowest BCUT2D eigenvalue weighted by Gasteiger charge is -2.09. The van der Waals surface area contributed by atoms with Crippen LogP contribution in [0, 0.1) is 0 Å². The molecule has 0 aliphatic heterocycles. The summed E-state index contributed by atoms with van der Waals surface area (Å²) in [6.07, 6.45) is 0. The van der Waals surface area contributed by atoms with Crippen LogP contribution in [0.2, 0.25) is 0 Å². The molecule has 4 heteroatoms. The fourth-order valence-corrected chi connectivity index (χ4v) is 2.50. The molecule has 18 heavy (non-hydrogen) atoms. The minimum atomic E-state index is 0.0225. The van der Waals surface area contributed by atoms with Crippen LogP contribution in [0.25, 0.3) is 0 Å². The van der Waals surface area contributed by atoms with Gasteiger partial charge in [-0.25, -0.2) is 0 Å². The van der Waals surface area contributed by atoms with Gasteiger partial charge < -0.3 is 4.74 Å². The molecule has 2 aromatic carbocycles. The normalized spacial score (nSPS) is 10.2. The first-order valence-corrected chi connectivity index (χ1v) is 6.89. The Morgan fingerprint density at radius 1 is 1.06 bits per heavy atom. The second kappa shape index (κ2) is 5.67. The van der Waals surface area contributed by atoms with Gasteiger partial charge in [0.25, 0.3) is 0 Å². The number of carbonyl (C=O) groups is 1. The summed E-state index contributed by atoms with van der Waals surface area (Å²) in [6, 6.07) is 12.9. The lowest BCUT2D eigenvalue weighted by molar-refractivity contribution is 0.101. The molecule has 0 bridgehead atoms. The van der Waals surface area contributed by atoms with Crippen molar-refractivity contribution < 1.29 is 9.53 Å². The number of carbonyl (C=O) groups excluding carboxylic acids is 1. The van der Waals surface area contributed by atoms with Gasteiger partial charge in [0.05, 0.1) is 4.47 Å². The van der Waals surface area contributed by atoms with E-state index in [-0.39, 0.29) is 5.78 Å². The third-order valence-electron chi connectivity index (χ3n) is 2.38. The van der Waals surface area contributed by atoms with Gasteiger partial charge in [0, 0.05) is 10.0 Å². The third-order valence-corrected chi connectivity index (χ3v) is 3.70. The molecule has 92 valence electrons. The summed E-state index contributed by atoms with van der Waals surface area (Å²) in [5, 5.41) is 0. The Labute approximate surface area is 122 Å². The Bertz CT molecular complexity index is 594. The molecule has 0 atom stereocenters. The highest BCUT2D eigenvalue weighted by Crippen LogP contribution is 2.31.